The molecule has 1 aromatic carbocycles. The lowest BCUT2D eigenvalue weighted by Crippen LogP contribution is -2.51. The van der Waals surface area contributed by atoms with Gasteiger partial charge in [-0.15, -0.1) is 22.7 Å². The fourth-order valence-corrected chi connectivity index (χ4v) is 6.38. The monoisotopic (exact) mass is 483 g/mol. The lowest BCUT2D eigenvalue weighted by Gasteiger charge is -2.38. The fourth-order valence-electron chi connectivity index (χ4n) is 4.79. The Balaban J connectivity index is 1.21. The molecular weight excluding hydrogens is 457 g/mol. The third-order valence-corrected chi connectivity index (χ3v) is 8.35. The first kappa shape index (κ1) is 22.3. The molecule has 2 aromatic heterocycles. The molecule has 0 saturated carbocycles. The Kier molecular flexibility index (Phi) is 6.57. The molecule has 5 nitrogen and oxygen atoms in total. The van der Waals surface area contributed by atoms with Crippen molar-refractivity contribution in [2.24, 2.45) is 0 Å². The summed E-state index contributed by atoms with van der Waals surface area (Å²) in [7, 11) is 0. The number of carbonyl (C=O) groups excluding carboxylic acids is 2. The summed E-state index contributed by atoms with van der Waals surface area (Å²) in [6.45, 7) is 3.75. The van der Waals surface area contributed by atoms with E-state index >= 15 is 0 Å². The number of carbonyl (C=O) groups is 2. The zero-order valence-electron chi connectivity index (χ0n) is 18.3. The van der Waals surface area contributed by atoms with E-state index in [1.807, 2.05) is 33.4 Å². The van der Waals surface area contributed by atoms with E-state index < -0.39 is 0 Å². The van der Waals surface area contributed by atoms with Crippen LogP contribution >= 0.6 is 22.7 Å². The highest BCUT2D eigenvalue weighted by atomic mass is 32.1. The molecule has 0 spiro atoms. The van der Waals surface area contributed by atoms with Gasteiger partial charge in [-0.1, -0.05) is 18.2 Å². The van der Waals surface area contributed by atoms with Crippen LogP contribution in [0.2, 0.25) is 0 Å². The minimum atomic E-state index is -0.235. The minimum absolute atomic E-state index is 0.0243. The molecule has 0 N–H and O–H groups in total. The molecule has 0 aliphatic carbocycles. The number of benzene rings is 1. The molecule has 33 heavy (non-hydrogen) atoms. The van der Waals surface area contributed by atoms with Crippen molar-refractivity contribution >= 4 is 34.5 Å². The number of rotatable bonds is 5. The maximum absolute atomic E-state index is 14.0. The van der Waals surface area contributed by atoms with Gasteiger partial charge >= 0.3 is 0 Å². The van der Waals surface area contributed by atoms with Gasteiger partial charge in [0.2, 0.25) is 5.91 Å². The van der Waals surface area contributed by atoms with Gasteiger partial charge < -0.3 is 9.80 Å². The summed E-state index contributed by atoms with van der Waals surface area (Å²) in [5.74, 6) is -0.0666. The molecule has 172 valence electrons. The molecule has 8 heteroatoms. The third-order valence-electron chi connectivity index (χ3n) is 6.49. The van der Waals surface area contributed by atoms with Crippen LogP contribution in [-0.4, -0.2) is 65.8 Å². The lowest BCUT2D eigenvalue weighted by molar-refractivity contribution is -0.133. The third kappa shape index (κ3) is 4.74. The fraction of sp³-hybridized carbons (Fsp3) is 0.360. The Morgan fingerprint density at radius 3 is 2.52 bits per heavy atom. The number of thiophene rings is 2. The normalized spacial score (nSPS) is 18.9. The number of halogens is 1. The van der Waals surface area contributed by atoms with E-state index in [9.17, 15) is 14.0 Å². The van der Waals surface area contributed by atoms with Crippen LogP contribution in [0.25, 0.3) is 0 Å². The first-order chi connectivity index (χ1) is 16.1. The molecule has 0 radical (unpaired) electrons. The van der Waals surface area contributed by atoms with Crippen LogP contribution in [0.1, 0.15) is 38.1 Å². The molecule has 1 fully saturated rings. The molecule has 1 atom stereocenters. The van der Waals surface area contributed by atoms with Crippen LogP contribution in [0.3, 0.4) is 0 Å². The number of amides is 2. The predicted molar refractivity (Wildman–Crippen MR) is 129 cm³/mol. The molecule has 5 rings (SSSR count). The van der Waals surface area contributed by atoms with Gasteiger partial charge in [0.25, 0.3) is 5.91 Å². The van der Waals surface area contributed by atoms with Crippen molar-refractivity contribution in [1.29, 1.82) is 0 Å². The number of hydrogen-bond donors (Lipinski definition) is 0. The van der Waals surface area contributed by atoms with Gasteiger partial charge in [0.1, 0.15) is 5.82 Å². The second kappa shape index (κ2) is 9.75. The maximum atomic E-state index is 14.0. The molecule has 2 aliphatic heterocycles. The Hall–Kier alpha value is -2.55. The summed E-state index contributed by atoms with van der Waals surface area (Å²) in [6, 6.07) is 12.6. The first-order valence-corrected chi connectivity index (χ1v) is 13.0. The average molecular weight is 484 g/mol. The van der Waals surface area contributed by atoms with Gasteiger partial charge in [0, 0.05) is 50.6 Å². The standard InChI is InChI=1S/C25H26FN3O2S2/c26-19-4-1-3-18(17-19)24-20-8-16-33-21(20)6-9-28(24)10-7-23(30)27-11-13-29(14-12-27)25(31)22-5-2-15-32-22/h1-5,8,15-17,24H,6-7,9-14H2. The van der Waals surface area contributed by atoms with Crippen LogP contribution < -0.4 is 0 Å². The van der Waals surface area contributed by atoms with Gasteiger partial charge in [-0.25, -0.2) is 4.39 Å². The van der Waals surface area contributed by atoms with E-state index in [4.69, 9.17) is 0 Å². The van der Waals surface area contributed by atoms with Crippen molar-refractivity contribution in [2.75, 3.05) is 39.3 Å². The molecule has 4 heterocycles. The van der Waals surface area contributed by atoms with E-state index in [2.05, 4.69) is 16.3 Å². The summed E-state index contributed by atoms with van der Waals surface area (Å²) < 4.78 is 14.0. The minimum Gasteiger partial charge on any atom is -0.339 e. The van der Waals surface area contributed by atoms with Crippen molar-refractivity contribution in [2.45, 2.75) is 18.9 Å². The smallest absolute Gasteiger partial charge is 0.264 e. The van der Waals surface area contributed by atoms with Crippen molar-refractivity contribution < 1.29 is 14.0 Å². The summed E-state index contributed by atoms with van der Waals surface area (Å²) in [6.07, 6.45) is 1.38. The first-order valence-electron chi connectivity index (χ1n) is 11.3. The largest absolute Gasteiger partial charge is 0.339 e. The number of fused-ring (bicyclic) bond motifs is 1. The summed E-state index contributed by atoms with van der Waals surface area (Å²) >= 11 is 3.20. The van der Waals surface area contributed by atoms with Gasteiger partial charge in [-0.05, 0) is 52.6 Å². The number of nitrogens with zero attached hydrogens (tertiary/aromatic N) is 3. The molecule has 1 unspecified atom stereocenters. The van der Waals surface area contributed by atoms with Gasteiger partial charge in [-0.3, -0.25) is 14.5 Å². The maximum Gasteiger partial charge on any atom is 0.264 e. The lowest BCUT2D eigenvalue weighted by atomic mass is 9.93. The highest BCUT2D eigenvalue weighted by Gasteiger charge is 2.31. The van der Waals surface area contributed by atoms with Crippen LogP contribution in [0, 0.1) is 5.82 Å². The zero-order valence-corrected chi connectivity index (χ0v) is 19.9. The highest BCUT2D eigenvalue weighted by molar-refractivity contribution is 7.12. The Bertz CT molecular complexity index is 1120. The molecule has 0 bridgehead atoms. The Labute approximate surface area is 201 Å². The van der Waals surface area contributed by atoms with E-state index in [1.54, 1.807) is 23.5 Å². The van der Waals surface area contributed by atoms with E-state index in [0.29, 0.717) is 39.1 Å². The predicted octanol–water partition coefficient (Wildman–Crippen LogP) is 4.27. The Morgan fingerprint density at radius 1 is 0.939 bits per heavy atom. The highest BCUT2D eigenvalue weighted by Crippen LogP contribution is 2.38. The van der Waals surface area contributed by atoms with E-state index in [0.717, 1.165) is 23.4 Å². The van der Waals surface area contributed by atoms with Gasteiger partial charge in [0.05, 0.1) is 10.9 Å². The molecule has 1 saturated heterocycles. The van der Waals surface area contributed by atoms with Crippen molar-refractivity contribution in [3.05, 3.63) is 79.9 Å². The SMILES string of the molecule is O=C(CCN1CCc2sccc2C1c1cccc(F)c1)N1CCN(C(=O)c2cccs2)CC1. The molecule has 3 aromatic rings. The van der Waals surface area contributed by atoms with E-state index in [1.165, 1.54) is 27.8 Å². The summed E-state index contributed by atoms with van der Waals surface area (Å²) in [5.41, 5.74) is 2.16. The summed E-state index contributed by atoms with van der Waals surface area (Å²) in [4.78, 5) is 33.6. The Morgan fingerprint density at radius 2 is 1.76 bits per heavy atom. The molecule has 2 amide bonds. The molecular formula is C25H26FN3O2S2. The van der Waals surface area contributed by atoms with Crippen molar-refractivity contribution in [3.63, 3.8) is 0 Å². The van der Waals surface area contributed by atoms with Crippen LogP contribution in [-0.2, 0) is 11.2 Å². The van der Waals surface area contributed by atoms with Crippen molar-refractivity contribution in [3.8, 4) is 0 Å². The average Bonchev–Trinajstić information content (AvgIpc) is 3.54. The number of piperazine rings is 1. The van der Waals surface area contributed by atoms with Gasteiger partial charge in [-0.2, -0.15) is 0 Å². The van der Waals surface area contributed by atoms with Crippen LogP contribution in [0.15, 0.2) is 53.2 Å². The van der Waals surface area contributed by atoms with Crippen LogP contribution in [0.5, 0.6) is 0 Å². The second-order valence-electron chi connectivity index (χ2n) is 8.44. The van der Waals surface area contributed by atoms with Crippen molar-refractivity contribution in [1.82, 2.24) is 14.7 Å². The quantitative estimate of drug-likeness (QED) is 0.544. The zero-order chi connectivity index (χ0) is 22.8. The van der Waals surface area contributed by atoms with E-state index in [-0.39, 0.29) is 23.7 Å². The van der Waals surface area contributed by atoms with Crippen LogP contribution in [0.4, 0.5) is 4.39 Å². The second-order valence-corrected chi connectivity index (χ2v) is 10.4. The molecule has 2 aliphatic rings. The number of hydrogen-bond acceptors (Lipinski definition) is 5. The summed E-state index contributed by atoms with van der Waals surface area (Å²) in [5, 5.41) is 4.01. The van der Waals surface area contributed by atoms with Gasteiger partial charge in [0.15, 0.2) is 0 Å². The topological polar surface area (TPSA) is 43.9 Å².